The second-order valence-corrected chi connectivity index (χ2v) is 5.91. The Morgan fingerprint density at radius 2 is 2.00 bits per heavy atom. The van der Waals surface area contributed by atoms with Gasteiger partial charge in [-0.25, -0.2) is 0 Å². The van der Waals surface area contributed by atoms with Crippen molar-refractivity contribution < 1.29 is 14.6 Å². The molecule has 1 saturated carbocycles. The minimum Gasteiger partial charge on any atom is -0.394 e. The van der Waals surface area contributed by atoms with E-state index >= 15 is 0 Å². The summed E-state index contributed by atoms with van der Waals surface area (Å²) in [4.78, 5) is 12.1. The summed E-state index contributed by atoms with van der Waals surface area (Å²) in [5.41, 5.74) is -0.356. The predicted molar refractivity (Wildman–Crippen MR) is 72.9 cm³/mol. The summed E-state index contributed by atoms with van der Waals surface area (Å²) in [7, 11) is 0. The summed E-state index contributed by atoms with van der Waals surface area (Å²) in [5, 5.41) is 16.0. The maximum atomic E-state index is 12.1. The average molecular weight is 270 g/mol. The largest absolute Gasteiger partial charge is 0.394 e. The summed E-state index contributed by atoms with van der Waals surface area (Å²) in [6, 6.07) is 0.0716. The first-order chi connectivity index (χ1) is 9.15. The van der Waals surface area contributed by atoms with Crippen LogP contribution >= 0.6 is 0 Å². The maximum Gasteiger partial charge on any atom is 0.237 e. The summed E-state index contributed by atoms with van der Waals surface area (Å²) < 4.78 is 5.32. The van der Waals surface area contributed by atoms with Gasteiger partial charge in [0.2, 0.25) is 5.91 Å². The van der Waals surface area contributed by atoms with Gasteiger partial charge in [-0.3, -0.25) is 10.1 Å². The second kappa shape index (κ2) is 6.68. The van der Waals surface area contributed by atoms with E-state index in [1.165, 1.54) is 12.8 Å². The third-order valence-corrected chi connectivity index (χ3v) is 4.37. The normalized spacial score (nSPS) is 25.2. The highest BCUT2D eigenvalue weighted by molar-refractivity contribution is 5.81. The highest BCUT2D eigenvalue weighted by Gasteiger charge is 2.34. The van der Waals surface area contributed by atoms with Crippen LogP contribution < -0.4 is 10.6 Å². The average Bonchev–Trinajstić information content (AvgIpc) is 2.92. The van der Waals surface area contributed by atoms with Crippen LogP contribution in [0.3, 0.4) is 0 Å². The van der Waals surface area contributed by atoms with Gasteiger partial charge in [0.15, 0.2) is 0 Å². The number of nitrogens with one attached hydrogen (secondary N) is 2. The van der Waals surface area contributed by atoms with Crippen LogP contribution in [0.2, 0.25) is 0 Å². The smallest absolute Gasteiger partial charge is 0.237 e. The summed E-state index contributed by atoms with van der Waals surface area (Å²) in [6.45, 7) is 3.21. The van der Waals surface area contributed by atoms with E-state index in [1.54, 1.807) is 0 Å². The molecule has 1 heterocycles. The molecular formula is C14H26N2O3. The van der Waals surface area contributed by atoms with Gasteiger partial charge in [-0.1, -0.05) is 12.8 Å². The molecule has 1 amide bonds. The molecule has 0 aromatic rings. The van der Waals surface area contributed by atoms with E-state index in [9.17, 15) is 9.90 Å². The van der Waals surface area contributed by atoms with Crippen molar-refractivity contribution >= 4 is 5.91 Å². The lowest BCUT2D eigenvalue weighted by Gasteiger charge is -2.38. The van der Waals surface area contributed by atoms with Crippen LogP contribution in [0.1, 0.15) is 45.4 Å². The van der Waals surface area contributed by atoms with Crippen LogP contribution in [0, 0.1) is 0 Å². The SMILES string of the molecule is CC(NC1(CO)CCOCC1)C(=O)NC1CCCC1. The van der Waals surface area contributed by atoms with Crippen molar-refractivity contribution in [3.8, 4) is 0 Å². The second-order valence-electron chi connectivity index (χ2n) is 5.91. The number of hydrogen-bond donors (Lipinski definition) is 3. The van der Waals surface area contributed by atoms with E-state index in [-0.39, 0.29) is 24.1 Å². The molecule has 0 radical (unpaired) electrons. The zero-order valence-electron chi connectivity index (χ0n) is 11.8. The van der Waals surface area contributed by atoms with E-state index in [2.05, 4.69) is 10.6 Å². The number of ether oxygens (including phenoxy) is 1. The van der Waals surface area contributed by atoms with Crippen LogP contribution in [-0.2, 0) is 9.53 Å². The van der Waals surface area contributed by atoms with Gasteiger partial charge < -0.3 is 15.2 Å². The lowest BCUT2D eigenvalue weighted by atomic mass is 9.90. The van der Waals surface area contributed by atoms with Crippen molar-refractivity contribution in [2.75, 3.05) is 19.8 Å². The molecule has 2 aliphatic rings. The standard InChI is InChI=1S/C14H26N2O3/c1-11(13(18)15-12-4-2-3-5-12)16-14(10-17)6-8-19-9-7-14/h11-12,16-17H,2-10H2,1H3,(H,15,18). The molecule has 1 saturated heterocycles. The van der Waals surface area contributed by atoms with E-state index < -0.39 is 0 Å². The fourth-order valence-electron chi connectivity index (χ4n) is 3.03. The Labute approximate surface area is 115 Å². The first-order valence-corrected chi connectivity index (χ1v) is 7.42. The number of carbonyl (C=O) groups excluding carboxylic acids is 1. The number of carbonyl (C=O) groups is 1. The fourth-order valence-corrected chi connectivity index (χ4v) is 3.03. The van der Waals surface area contributed by atoms with Gasteiger partial charge in [0.1, 0.15) is 0 Å². The molecule has 1 aliphatic carbocycles. The molecule has 2 fully saturated rings. The van der Waals surface area contributed by atoms with Crippen molar-refractivity contribution in [2.45, 2.75) is 63.1 Å². The predicted octanol–water partition coefficient (Wildman–Crippen LogP) is 0.565. The Bertz CT molecular complexity index is 297. The Morgan fingerprint density at radius 1 is 1.37 bits per heavy atom. The summed E-state index contributed by atoms with van der Waals surface area (Å²) in [5.74, 6) is 0.0474. The van der Waals surface area contributed by atoms with Crippen molar-refractivity contribution in [2.24, 2.45) is 0 Å². The number of aliphatic hydroxyl groups is 1. The van der Waals surface area contributed by atoms with Gasteiger partial charge >= 0.3 is 0 Å². The molecule has 1 unspecified atom stereocenters. The van der Waals surface area contributed by atoms with E-state index in [0.717, 1.165) is 25.7 Å². The number of rotatable bonds is 5. The third-order valence-electron chi connectivity index (χ3n) is 4.37. The molecule has 2 rings (SSSR count). The number of aliphatic hydroxyl groups excluding tert-OH is 1. The first kappa shape index (κ1) is 14.8. The fraction of sp³-hybridized carbons (Fsp3) is 0.929. The molecule has 1 aliphatic heterocycles. The van der Waals surface area contributed by atoms with E-state index in [0.29, 0.717) is 19.3 Å². The third kappa shape index (κ3) is 3.91. The molecule has 19 heavy (non-hydrogen) atoms. The topological polar surface area (TPSA) is 70.6 Å². The monoisotopic (exact) mass is 270 g/mol. The molecule has 0 aromatic carbocycles. The van der Waals surface area contributed by atoms with Gasteiger partial charge in [0, 0.05) is 24.8 Å². The lowest BCUT2D eigenvalue weighted by Crippen LogP contribution is -2.59. The lowest BCUT2D eigenvalue weighted by molar-refractivity contribution is -0.124. The van der Waals surface area contributed by atoms with Crippen molar-refractivity contribution in [1.29, 1.82) is 0 Å². The molecule has 5 heteroatoms. The summed E-state index contributed by atoms with van der Waals surface area (Å²) >= 11 is 0. The summed E-state index contributed by atoms with van der Waals surface area (Å²) in [6.07, 6.45) is 6.12. The molecule has 0 aromatic heterocycles. The molecule has 5 nitrogen and oxygen atoms in total. The van der Waals surface area contributed by atoms with E-state index in [1.807, 2.05) is 6.92 Å². The van der Waals surface area contributed by atoms with Gasteiger partial charge in [0.05, 0.1) is 12.6 Å². The van der Waals surface area contributed by atoms with Gasteiger partial charge in [-0.2, -0.15) is 0 Å². The first-order valence-electron chi connectivity index (χ1n) is 7.42. The zero-order valence-corrected chi connectivity index (χ0v) is 11.8. The van der Waals surface area contributed by atoms with Crippen LogP contribution in [0.5, 0.6) is 0 Å². The molecule has 0 spiro atoms. The molecular weight excluding hydrogens is 244 g/mol. The van der Waals surface area contributed by atoms with Crippen molar-refractivity contribution in [1.82, 2.24) is 10.6 Å². The highest BCUT2D eigenvalue weighted by atomic mass is 16.5. The van der Waals surface area contributed by atoms with Gasteiger partial charge in [-0.15, -0.1) is 0 Å². The van der Waals surface area contributed by atoms with Crippen LogP contribution in [-0.4, -0.2) is 48.5 Å². The van der Waals surface area contributed by atoms with Crippen LogP contribution in [0.25, 0.3) is 0 Å². The zero-order chi connectivity index (χ0) is 13.7. The molecule has 110 valence electrons. The Hall–Kier alpha value is -0.650. The van der Waals surface area contributed by atoms with Gasteiger partial charge in [0.25, 0.3) is 0 Å². The molecule has 0 bridgehead atoms. The highest BCUT2D eigenvalue weighted by Crippen LogP contribution is 2.21. The van der Waals surface area contributed by atoms with Crippen molar-refractivity contribution in [3.63, 3.8) is 0 Å². The van der Waals surface area contributed by atoms with E-state index in [4.69, 9.17) is 4.74 Å². The molecule has 1 atom stereocenters. The van der Waals surface area contributed by atoms with Crippen LogP contribution in [0.15, 0.2) is 0 Å². The quantitative estimate of drug-likeness (QED) is 0.683. The van der Waals surface area contributed by atoms with Crippen molar-refractivity contribution in [3.05, 3.63) is 0 Å². The molecule has 3 N–H and O–H groups in total. The van der Waals surface area contributed by atoms with Gasteiger partial charge in [-0.05, 0) is 32.6 Å². The Kier molecular flexibility index (Phi) is 5.19. The van der Waals surface area contributed by atoms with Crippen LogP contribution in [0.4, 0.5) is 0 Å². The minimum atomic E-state index is -0.356. The Balaban J connectivity index is 1.83. The minimum absolute atomic E-state index is 0.0474. The Morgan fingerprint density at radius 3 is 2.58 bits per heavy atom. The maximum absolute atomic E-state index is 12.1. The number of hydrogen-bond acceptors (Lipinski definition) is 4. The number of amides is 1.